The number of carbonyl (C=O) groups is 1. The highest BCUT2D eigenvalue weighted by Gasteiger charge is 2.11. The lowest BCUT2D eigenvalue weighted by Gasteiger charge is -2.11. The number of benzene rings is 1. The van der Waals surface area contributed by atoms with Gasteiger partial charge in [0.2, 0.25) is 5.91 Å². The van der Waals surface area contributed by atoms with Crippen LogP contribution in [-0.2, 0) is 16.0 Å². The van der Waals surface area contributed by atoms with Gasteiger partial charge < -0.3 is 15.8 Å². The lowest BCUT2D eigenvalue weighted by Crippen LogP contribution is -2.33. The highest BCUT2D eigenvalue weighted by Crippen LogP contribution is 2.11. The molecular formula is C13H18F2N2O2. The third-order valence-corrected chi connectivity index (χ3v) is 2.60. The monoisotopic (exact) mass is 272 g/mol. The van der Waals surface area contributed by atoms with Gasteiger partial charge in [-0.3, -0.25) is 4.79 Å². The summed E-state index contributed by atoms with van der Waals surface area (Å²) in [6, 6.07) is 3.61. The number of methoxy groups -OCH3 is 1. The molecule has 0 saturated heterocycles. The van der Waals surface area contributed by atoms with E-state index >= 15 is 0 Å². The van der Waals surface area contributed by atoms with Gasteiger partial charge in [-0.1, -0.05) is 12.1 Å². The van der Waals surface area contributed by atoms with Crippen LogP contribution in [-0.4, -0.2) is 32.2 Å². The maximum Gasteiger partial charge on any atom is 0.224 e. The maximum absolute atomic E-state index is 13.3. The number of carbonyl (C=O) groups excluding carboxylic acids is 1. The van der Waals surface area contributed by atoms with Crippen molar-refractivity contribution in [3.63, 3.8) is 0 Å². The van der Waals surface area contributed by atoms with E-state index in [1.54, 1.807) is 7.11 Å². The SMILES string of the molecule is COCC(N)CCNC(=O)Cc1cccc(F)c1F. The average molecular weight is 272 g/mol. The molecular weight excluding hydrogens is 254 g/mol. The summed E-state index contributed by atoms with van der Waals surface area (Å²) >= 11 is 0. The standard InChI is InChI=1S/C13H18F2N2O2/c1-19-8-10(16)5-6-17-12(18)7-9-3-2-4-11(14)13(9)15/h2-4,10H,5-8,16H2,1H3,(H,17,18). The summed E-state index contributed by atoms with van der Waals surface area (Å²) in [5, 5.41) is 2.60. The maximum atomic E-state index is 13.3. The highest BCUT2D eigenvalue weighted by atomic mass is 19.2. The van der Waals surface area contributed by atoms with Crippen molar-refractivity contribution in [2.24, 2.45) is 5.73 Å². The molecule has 19 heavy (non-hydrogen) atoms. The molecule has 0 spiro atoms. The van der Waals surface area contributed by atoms with Crippen molar-refractivity contribution in [3.8, 4) is 0 Å². The van der Waals surface area contributed by atoms with E-state index in [-0.39, 0.29) is 23.9 Å². The molecule has 0 aromatic heterocycles. The number of hydrogen-bond donors (Lipinski definition) is 2. The Morgan fingerprint density at radius 3 is 2.89 bits per heavy atom. The smallest absolute Gasteiger partial charge is 0.224 e. The fourth-order valence-electron chi connectivity index (χ4n) is 1.61. The largest absolute Gasteiger partial charge is 0.383 e. The minimum atomic E-state index is -0.978. The Hall–Kier alpha value is -1.53. The Morgan fingerprint density at radius 2 is 2.21 bits per heavy atom. The van der Waals surface area contributed by atoms with Crippen LogP contribution >= 0.6 is 0 Å². The Bertz CT molecular complexity index is 427. The third kappa shape index (κ3) is 5.32. The fraction of sp³-hybridized carbons (Fsp3) is 0.462. The van der Waals surface area contributed by atoms with Crippen molar-refractivity contribution in [3.05, 3.63) is 35.4 Å². The Balaban J connectivity index is 2.37. The first-order valence-electron chi connectivity index (χ1n) is 5.98. The lowest BCUT2D eigenvalue weighted by molar-refractivity contribution is -0.120. The van der Waals surface area contributed by atoms with Gasteiger partial charge in [-0.25, -0.2) is 8.78 Å². The molecule has 0 aliphatic carbocycles. The summed E-state index contributed by atoms with van der Waals surface area (Å²) < 4.78 is 31.1. The fourth-order valence-corrected chi connectivity index (χ4v) is 1.61. The molecule has 0 heterocycles. The first-order chi connectivity index (χ1) is 9.04. The predicted octanol–water partition coefficient (Wildman–Crippen LogP) is 0.987. The summed E-state index contributed by atoms with van der Waals surface area (Å²) in [7, 11) is 1.55. The van der Waals surface area contributed by atoms with E-state index in [9.17, 15) is 13.6 Å². The number of nitrogens with one attached hydrogen (secondary N) is 1. The topological polar surface area (TPSA) is 64.3 Å². The molecule has 0 radical (unpaired) electrons. The number of hydrogen-bond acceptors (Lipinski definition) is 3. The first kappa shape index (κ1) is 15.5. The molecule has 1 rings (SSSR count). The minimum absolute atomic E-state index is 0.0405. The van der Waals surface area contributed by atoms with E-state index in [2.05, 4.69) is 5.32 Å². The van der Waals surface area contributed by atoms with Crippen LogP contribution < -0.4 is 11.1 Å². The molecule has 4 nitrogen and oxygen atoms in total. The number of ether oxygens (including phenoxy) is 1. The van der Waals surface area contributed by atoms with Gasteiger partial charge in [-0.15, -0.1) is 0 Å². The second kappa shape index (κ2) is 7.81. The Labute approximate surface area is 110 Å². The van der Waals surface area contributed by atoms with E-state index in [0.717, 1.165) is 6.07 Å². The molecule has 1 unspecified atom stereocenters. The molecule has 0 aliphatic rings. The van der Waals surface area contributed by atoms with E-state index in [1.165, 1.54) is 12.1 Å². The molecule has 0 fully saturated rings. The summed E-state index contributed by atoms with van der Waals surface area (Å²) in [6.07, 6.45) is 0.369. The van der Waals surface area contributed by atoms with Crippen molar-refractivity contribution >= 4 is 5.91 Å². The number of amides is 1. The zero-order valence-electron chi connectivity index (χ0n) is 10.8. The van der Waals surface area contributed by atoms with Crippen molar-refractivity contribution in [1.29, 1.82) is 0 Å². The highest BCUT2D eigenvalue weighted by molar-refractivity contribution is 5.78. The van der Waals surface area contributed by atoms with Gasteiger partial charge in [0.25, 0.3) is 0 Å². The van der Waals surface area contributed by atoms with Crippen molar-refractivity contribution in [1.82, 2.24) is 5.32 Å². The van der Waals surface area contributed by atoms with Gasteiger partial charge in [0.05, 0.1) is 13.0 Å². The van der Waals surface area contributed by atoms with E-state index in [1.807, 2.05) is 0 Å². The van der Waals surface area contributed by atoms with Crippen LogP contribution in [0.25, 0.3) is 0 Å². The molecule has 0 saturated carbocycles. The average Bonchev–Trinajstić information content (AvgIpc) is 2.35. The molecule has 106 valence electrons. The molecule has 6 heteroatoms. The van der Waals surface area contributed by atoms with Gasteiger partial charge >= 0.3 is 0 Å². The van der Waals surface area contributed by atoms with Crippen molar-refractivity contribution in [2.45, 2.75) is 18.9 Å². The van der Waals surface area contributed by atoms with Crippen LogP contribution in [0.5, 0.6) is 0 Å². The molecule has 1 aromatic rings. The lowest BCUT2D eigenvalue weighted by atomic mass is 10.1. The van der Waals surface area contributed by atoms with Gasteiger partial charge in [-0.05, 0) is 12.5 Å². The van der Waals surface area contributed by atoms with Crippen LogP contribution in [0.15, 0.2) is 18.2 Å². The number of nitrogens with two attached hydrogens (primary N) is 1. The summed E-state index contributed by atoms with van der Waals surface area (Å²) in [5.41, 5.74) is 5.72. The third-order valence-electron chi connectivity index (χ3n) is 2.60. The quantitative estimate of drug-likeness (QED) is 0.778. The van der Waals surface area contributed by atoms with Crippen LogP contribution in [0.2, 0.25) is 0 Å². The summed E-state index contributed by atoms with van der Waals surface area (Å²) in [5.74, 6) is -2.30. The zero-order valence-corrected chi connectivity index (χ0v) is 10.8. The molecule has 3 N–H and O–H groups in total. The molecule has 1 amide bonds. The molecule has 1 atom stereocenters. The van der Waals surface area contributed by atoms with Gasteiger partial charge in [0.1, 0.15) is 0 Å². The van der Waals surface area contributed by atoms with Gasteiger partial charge in [-0.2, -0.15) is 0 Å². The summed E-state index contributed by atoms with van der Waals surface area (Å²) in [4.78, 5) is 11.5. The minimum Gasteiger partial charge on any atom is -0.383 e. The Morgan fingerprint density at radius 1 is 1.47 bits per heavy atom. The van der Waals surface area contributed by atoms with Crippen LogP contribution in [0.4, 0.5) is 8.78 Å². The number of rotatable bonds is 7. The van der Waals surface area contributed by atoms with E-state index < -0.39 is 11.6 Å². The zero-order chi connectivity index (χ0) is 14.3. The van der Waals surface area contributed by atoms with E-state index in [4.69, 9.17) is 10.5 Å². The van der Waals surface area contributed by atoms with Crippen molar-refractivity contribution < 1.29 is 18.3 Å². The van der Waals surface area contributed by atoms with Crippen molar-refractivity contribution in [2.75, 3.05) is 20.3 Å². The molecule has 1 aromatic carbocycles. The van der Waals surface area contributed by atoms with Gasteiger partial charge in [0, 0.05) is 25.3 Å². The normalized spacial score (nSPS) is 12.2. The second-order valence-corrected chi connectivity index (χ2v) is 4.24. The van der Waals surface area contributed by atoms with Gasteiger partial charge in [0.15, 0.2) is 11.6 Å². The van der Waals surface area contributed by atoms with Crippen LogP contribution in [0.1, 0.15) is 12.0 Å². The molecule has 0 bridgehead atoms. The first-order valence-corrected chi connectivity index (χ1v) is 5.98. The van der Waals surface area contributed by atoms with Crippen LogP contribution in [0, 0.1) is 11.6 Å². The number of halogens is 2. The van der Waals surface area contributed by atoms with E-state index in [0.29, 0.717) is 19.6 Å². The van der Waals surface area contributed by atoms with Crippen LogP contribution in [0.3, 0.4) is 0 Å². The second-order valence-electron chi connectivity index (χ2n) is 4.24. The molecule has 0 aliphatic heterocycles. The summed E-state index contributed by atoms with van der Waals surface area (Å²) in [6.45, 7) is 0.786. The Kier molecular flexibility index (Phi) is 6.38. The predicted molar refractivity (Wildman–Crippen MR) is 67.5 cm³/mol.